The van der Waals surface area contributed by atoms with Crippen molar-refractivity contribution in [3.05, 3.63) is 27.2 Å². The second-order valence-corrected chi connectivity index (χ2v) is 7.71. The van der Waals surface area contributed by atoms with Crippen LogP contribution in [0.4, 0.5) is 0 Å². The molecule has 0 aromatic heterocycles. The molecule has 24 heavy (non-hydrogen) atoms. The summed E-state index contributed by atoms with van der Waals surface area (Å²) >= 11 is 9.46. The van der Waals surface area contributed by atoms with Gasteiger partial charge in [0, 0.05) is 36.3 Å². The summed E-state index contributed by atoms with van der Waals surface area (Å²) in [6, 6.07) is 3.52. The quantitative estimate of drug-likeness (QED) is 0.695. The first-order chi connectivity index (χ1) is 11.5. The molecule has 1 aromatic carbocycles. The molecule has 128 valence electrons. The zero-order chi connectivity index (χ0) is 16.9. The smallest absolute Gasteiger partial charge is 0.184 e. The number of benzene rings is 1. The number of hydrogen-bond donors (Lipinski definition) is 0. The maximum absolute atomic E-state index is 12.9. The normalized spacial score (nSPS) is 28.0. The zero-order valence-electron chi connectivity index (χ0n) is 12.8. The third kappa shape index (κ3) is 2.79. The standard InChI is InChI=1S/C17H16BrClO5/c18-12-7-10(19)5-9-6-14(24-16(9)12)15(21)11-8-17(2-1-13(11)20)22-3-4-23-17/h5,7,11,14H,1-4,6,8H2/t11?,14-/m0/s1. The number of hydrogen-bond acceptors (Lipinski definition) is 5. The lowest BCUT2D eigenvalue weighted by molar-refractivity contribution is -0.191. The fourth-order valence-electron chi connectivity index (χ4n) is 3.70. The number of fused-ring (bicyclic) bond motifs is 1. The molecule has 1 aliphatic carbocycles. The summed E-state index contributed by atoms with van der Waals surface area (Å²) in [6.07, 6.45) is 0.850. The van der Waals surface area contributed by atoms with Crippen LogP contribution >= 0.6 is 27.5 Å². The monoisotopic (exact) mass is 414 g/mol. The van der Waals surface area contributed by atoms with Crippen LogP contribution in [0.15, 0.2) is 16.6 Å². The minimum Gasteiger partial charge on any atom is -0.481 e. The van der Waals surface area contributed by atoms with Crippen LogP contribution in [0, 0.1) is 5.92 Å². The van der Waals surface area contributed by atoms with Crippen LogP contribution in [0.2, 0.25) is 5.02 Å². The van der Waals surface area contributed by atoms with Gasteiger partial charge in [-0.3, -0.25) is 9.59 Å². The van der Waals surface area contributed by atoms with E-state index in [0.717, 1.165) is 5.56 Å². The van der Waals surface area contributed by atoms with E-state index in [2.05, 4.69) is 15.9 Å². The van der Waals surface area contributed by atoms with Crippen LogP contribution in [0.25, 0.3) is 0 Å². The van der Waals surface area contributed by atoms with Crippen molar-refractivity contribution < 1.29 is 23.8 Å². The second-order valence-electron chi connectivity index (χ2n) is 6.42. The Morgan fingerprint density at radius 3 is 2.79 bits per heavy atom. The van der Waals surface area contributed by atoms with Crippen LogP contribution in [0.3, 0.4) is 0 Å². The molecule has 1 unspecified atom stereocenters. The van der Waals surface area contributed by atoms with E-state index in [0.29, 0.717) is 47.7 Å². The molecule has 4 rings (SSSR count). The number of carbonyl (C=O) groups excluding carboxylic acids is 2. The molecule has 2 fully saturated rings. The first kappa shape index (κ1) is 16.5. The molecule has 2 atom stereocenters. The van der Waals surface area contributed by atoms with Gasteiger partial charge in [-0.2, -0.15) is 0 Å². The van der Waals surface area contributed by atoms with Crippen LogP contribution in [0.1, 0.15) is 24.8 Å². The summed E-state index contributed by atoms with van der Waals surface area (Å²) in [4.78, 5) is 25.2. The molecular weight excluding hydrogens is 400 g/mol. The lowest BCUT2D eigenvalue weighted by Crippen LogP contribution is -2.46. The molecule has 0 radical (unpaired) electrons. The fraction of sp³-hybridized carbons (Fsp3) is 0.529. The minimum absolute atomic E-state index is 0.0543. The van der Waals surface area contributed by atoms with Crippen LogP contribution in [-0.2, 0) is 25.5 Å². The third-order valence-electron chi connectivity index (χ3n) is 4.88. The van der Waals surface area contributed by atoms with Crippen molar-refractivity contribution in [2.45, 2.75) is 37.6 Å². The molecule has 1 saturated heterocycles. The van der Waals surface area contributed by atoms with E-state index in [9.17, 15) is 9.59 Å². The Labute approximate surface area is 152 Å². The molecule has 1 aromatic rings. The van der Waals surface area contributed by atoms with Crippen molar-refractivity contribution in [2.75, 3.05) is 13.2 Å². The molecule has 2 aliphatic heterocycles. The third-order valence-corrected chi connectivity index (χ3v) is 5.69. The number of halogens is 2. The van der Waals surface area contributed by atoms with Crippen LogP contribution in [-0.4, -0.2) is 36.7 Å². The van der Waals surface area contributed by atoms with Gasteiger partial charge in [0.1, 0.15) is 11.5 Å². The first-order valence-corrected chi connectivity index (χ1v) is 9.13. The van der Waals surface area contributed by atoms with Crippen molar-refractivity contribution in [1.29, 1.82) is 0 Å². The lowest BCUT2D eigenvalue weighted by Gasteiger charge is -2.35. The highest BCUT2D eigenvalue weighted by molar-refractivity contribution is 9.10. The molecule has 0 amide bonds. The van der Waals surface area contributed by atoms with Crippen molar-refractivity contribution >= 4 is 39.1 Å². The van der Waals surface area contributed by atoms with Gasteiger partial charge in [-0.05, 0) is 28.1 Å². The van der Waals surface area contributed by atoms with Crippen LogP contribution < -0.4 is 4.74 Å². The van der Waals surface area contributed by atoms with Gasteiger partial charge in [0.05, 0.1) is 23.6 Å². The minimum atomic E-state index is -0.774. The summed E-state index contributed by atoms with van der Waals surface area (Å²) < 4.78 is 17.9. The van der Waals surface area contributed by atoms with E-state index in [1.807, 2.05) is 0 Å². The summed E-state index contributed by atoms with van der Waals surface area (Å²) in [5.41, 5.74) is 0.874. The van der Waals surface area contributed by atoms with E-state index < -0.39 is 17.8 Å². The molecule has 1 saturated carbocycles. The van der Waals surface area contributed by atoms with Gasteiger partial charge >= 0.3 is 0 Å². The van der Waals surface area contributed by atoms with Gasteiger partial charge in [0.25, 0.3) is 0 Å². The van der Waals surface area contributed by atoms with Gasteiger partial charge < -0.3 is 14.2 Å². The van der Waals surface area contributed by atoms with Crippen molar-refractivity contribution in [2.24, 2.45) is 5.92 Å². The molecule has 5 nitrogen and oxygen atoms in total. The highest BCUT2D eigenvalue weighted by Crippen LogP contribution is 2.42. The predicted octanol–water partition coefficient (Wildman–Crippen LogP) is 3.09. The Morgan fingerprint density at radius 1 is 1.29 bits per heavy atom. The van der Waals surface area contributed by atoms with E-state index in [1.165, 1.54) is 0 Å². The van der Waals surface area contributed by atoms with Gasteiger partial charge in [-0.25, -0.2) is 0 Å². The van der Waals surface area contributed by atoms with Crippen molar-refractivity contribution in [1.82, 2.24) is 0 Å². The summed E-state index contributed by atoms with van der Waals surface area (Å²) in [5.74, 6) is -1.13. The number of rotatable bonds is 2. The largest absolute Gasteiger partial charge is 0.481 e. The maximum Gasteiger partial charge on any atom is 0.184 e. The highest BCUT2D eigenvalue weighted by Gasteiger charge is 2.49. The Bertz CT molecular complexity index is 713. The SMILES string of the molecule is O=C1CCC2(CC1C(=O)[C@@H]1Cc3cc(Cl)cc(Br)c3O1)OCCO2. The molecule has 1 spiro atoms. The average molecular weight is 416 g/mol. The van der Waals surface area contributed by atoms with Crippen molar-refractivity contribution in [3.8, 4) is 5.75 Å². The molecule has 3 aliphatic rings. The lowest BCUT2D eigenvalue weighted by atomic mass is 9.79. The van der Waals surface area contributed by atoms with Gasteiger partial charge in [0.2, 0.25) is 0 Å². The maximum atomic E-state index is 12.9. The number of ether oxygens (including phenoxy) is 3. The summed E-state index contributed by atoms with van der Waals surface area (Å²) in [7, 11) is 0. The Morgan fingerprint density at radius 2 is 2.04 bits per heavy atom. The number of carbonyl (C=O) groups is 2. The van der Waals surface area contributed by atoms with Gasteiger partial charge in [0.15, 0.2) is 17.7 Å². The zero-order valence-corrected chi connectivity index (χ0v) is 15.2. The van der Waals surface area contributed by atoms with Crippen molar-refractivity contribution in [3.63, 3.8) is 0 Å². The molecule has 2 heterocycles. The molecular formula is C17H16BrClO5. The Balaban J connectivity index is 1.54. The number of Topliss-reactive ketones (excluding diaryl/α,β-unsaturated/α-hetero) is 2. The van der Waals surface area contributed by atoms with E-state index in [-0.39, 0.29) is 18.0 Å². The molecule has 7 heteroatoms. The predicted molar refractivity (Wildman–Crippen MR) is 89.3 cm³/mol. The van der Waals surface area contributed by atoms with Crippen LogP contribution in [0.5, 0.6) is 5.75 Å². The van der Waals surface area contributed by atoms with Gasteiger partial charge in [-0.15, -0.1) is 0 Å². The van der Waals surface area contributed by atoms with E-state index >= 15 is 0 Å². The van der Waals surface area contributed by atoms with E-state index in [1.54, 1.807) is 12.1 Å². The number of ketones is 2. The molecule has 0 bridgehead atoms. The first-order valence-electron chi connectivity index (χ1n) is 7.96. The molecule has 0 N–H and O–H groups in total. The average Bonchev–Trinajstić information content (AvgIpc) is 3.16. The van der Waals surface area contributed by atoms with E-state index in [4.69, 9.17) is 25.8 Å². The Hall–Kier alpha value is -0.950. The van der Waals surface area contributed by atoms with Gasteiger partial charge in [-0.1, -0.05) is 11.6 Å². The fourth-order valence-corrected chi connectivity index (χ4v) is 4.66. The summed E-state index contributed by atoms with van der Waals surface area (Å²) in [6.45, 7) is 1.01. The second kappa shape index (κ2) is 6.09. The topological polar surface area (TPSA) is 61.8 Å². The summed E-state index contributed by atoms with van der Waals surface area (Å²) in [5, 5.41) is 0.581. The highest BCUT2D eigenvalue weighted by atomic mass is 79.9. The Kier molecular flexibility index (Phi) is 4.19.